The van der Waals surface area contributed by atoms with E-state index < -0.39 is 5.97 Å². The number of carbonyl (C=O) groups is 1. The van der Waals surface area contributed by atoms with Crippen molar-refractivity contribution in [3.63, 3.8) is 0 Å². The Labute approximate surface area is 133 Å². The van der Waals surface area contributed by atoms with Crippen LogP contribution in [0.15, 0.2) is 36.4 Å². The molecule has 4 nitrogen and oxygen atoms in total. The molecule has 106 valence electrons. The van der Waals surface area contributed by atoms with Crippen molar-refractivity contribution in [1.29, 1.82) is 0 Å². The first-order chi connectivity index (χ1) is 10.1. The number of para-hydroxylation sites is 1. The number of ether oxygens (including phenoxy) is 1. The van der Waals surface area contributed by atoms with Gasteiger partial charge in [0.05, 0.1) is 18.2 Å². The number of nitrogens with one attached hydrogen (secondary N) is 1. The minimum atomic E-state index is -0.438. The summed E-state index contributed by atoms with van der Waals surface area (Å²) in [5.41, 5.74) is 2.45. The third-order valence-corrected chi connectivity index (χ3v) is 4.00. The summed E-state index contributed by atoms with van der Waals surface area (Å²) in [7, 11) is 1.33. The lowest BCUT2D eigenvalue weighted by molar-refractivity contribution is 0.0603. The van der Waals surface area contributed by atoms with E-state index in [0.717, 1.165) is 14.7 Å². The number of hydrogen-bond acceptors (Lipinski definition) is 3. The summed E-state index contributed by atoms with van der Waals surface area (Å²) in [6.45, 7) is 0. The molecule has 0 fully saturated rings. The molecular formula is C15H10FIN2O2. The highest BCUT2D eigenvalue weighted by Crippen LogP contribution is 2.27. The van der Waals surface area contributed by atoms with Gasteiger partial charge in [-0.05, 0) is 52.9 Å². The molecule has 0 amide bonds. The van der Waals surface area contributed by atoms with Gasteiger partial charge >= 0.3 is 5.97 Å². The Bertz CT molecular complexity index is 845. The predicted octanol–water partition coefficient (Wildman–Crippen LogP) is 3.76. The van der Waals surface area contributed by atoms with Crippen molar-refractivity contribution in [2.75, 3.05) is 7.11 Å². The Morgan fingerprint density at radius 3 is 2.86 bits per heavy atom. The molecule has 1 heterocycles. The van der Waals surface area contributed by atoms with E-state index in [4.69, 9.17) is 4.74 Å². The highest BCUT2D eigenvalue weighted by Gasteiger charge is 2.15. The summed E-state index contributed by atoms with van der Waals surface area (Å²) in [4.78, 5) is 19.4. The molecular weight excluding hydrogens is 386 g/mol. The van der Waals surface area contributed by atoms with Crippen LogP contribution in [-0.4, -0.2) is 23.0 Å². The molecule has 1 aromatic heterocycles. The molecule has 21 heavy (non-hydrogen) atoms. The van der Waals surface area contributed by atoms with Gasteiger partial charge in [-0.1, -0.05) is 6.07 Å². The van der Waals surface area contributed by atoms with Crippen molar-refractivity contribution < 1.29 is 13.9 Å². The fourth-order valence-corrected chi connectivity index (χ4v) is 2.85. The average Bonchev–Trinajstić information content (AvgIpc) is 2.89. The second-order valence-corrected chi connectivity index (χ2v) is 5.57. The van der Waals surface area contributed by atoms with Crippen LogP contribution in [0.2, 0.25) is 0 Å². The minimum absolute atomic E-state index is 0.297. The average molecular weight is 396 g/mol. The van der Waals surface area contributed by atoms with E-state index >= 15 is 0 Å². The van der Waals surface area contributed by atoms with Gasteiger partial charge in [-0.25, -0.2) is 14.2 Å². The standard InChI is InChI=1S/C15H10FIN2O2/c1-21-15(20)10-3-2-4-12-13(10)19-14(18-12)9-6-5-8(16)7-11(9)17/h2-7H,1H3,(H,18,19). The molecule has 0 bridgehead atoms. The molecule has 0 aliphatic rings. The van der Waals surface area contributed by atoms with Crippen molar-refractivity contribution in [2.45, 2.75) is 0 Å². The van der Waals surface area contributed by atoms with Crippen LogP contribution in [0.5, 0.6) is 0 Å². The zero-order valence-corrected chi connectivity index (χ0v) is 13.1. The fraction of sp³-hybridized carbons (Fsp3) is 0.0667. The molecule has 0 atom stereocenters. The number of fused-ring (bicyclic) bond motifs is 1. The lowest BCUT2D eigenvalue weighted by Crippen LogP contribution is -2.01. The van der Waals surface area contributed by atoms with Gasteiger partial charge in [-0.2, -0.15) is 0 Å². The number of nitrogens with zero attached hydrogens (tertiary/aromatic N) is 1. The van der Waals surface area contributed by atoms with Gasteiger partial charge < -0.3 is 9.72 Å². The van der Waals surface area contributed by atoms with E-state index in [0.29, 0.717) is 16.9 Å². The maximum atomic E-state index is 13.2. The van der Waals surface area contributed by atoms with Crippen molar-refractivity contribution in [2.24, 2.45) is 0 Å². The quantitative estimate of drug-likeness (QED) is 0.530. The lowest BCUT2D eigenvalue weighted by Gasteiger charge is -2.00. The fourth-order valence-electron chi connectivity index (χ4n) is 2.12. The zero-order chi connectivity index (χ0) is 15.0. The van der Waals surface area contributed by atoms with E-state index in [1.807, 2.05) is 6.07 Å². The van der Waals surface area contributed by atoms with Crippen LogP contribution >= 0.6 is 22.6 Å². The summed E-state index contributed by atoms with van der Waals surface area (Å²) < 4.78 is 18.7. The van der Waals surface area contributed by atoms with Crippen molar-refractivity contribution in [3.8, 4) is 11.4 Å². The predicted molar refractivity (Wildman–Crippen MR) is 85.5 cm³/mol. The number of methoxy groups -OCH3 is 1. The Balaban J connectivity index is 2.19. The Hall–Kier alpha value is -1.96. The van der Waals surface area contributed by atoms with Crippen LogP contribution in [-0.2, 0) is 4.74 Å². The Morgan fingerprint density at radius 2 is 2.14 bits per heavy atom. The molecule has 6 heteroatoms. The number of aromatic nitrogens is 2. The first kappa shape index (κ1) is 14.0. The molecule has 0 spiro atoms. The van der Waals surface area contributed by atoms with Crippen LogP contribution in [0.1, 0.15) is 10.4 Å². The largest absolute Gasteiger partial charge is 0.465 e. The molecule has 0 unspecified atom stereocenters. The van der Waals surface area contributed by atoms with E-state index in [-0.39, 0.29) is 5.82 Å². The Morgan fingerprint density at radius 1 is 1.33 bits per heavy atom. The van der Waals surface area contributed by atoms with Gasteiger partial charge in [-0.3, -0.25) is 0 Å². The molecule has 2 aromatic carbocycles. The van der Waals surface area contributed by atoms with Gasteiger partial charge in [0.2, 0.25) is 0 Å². The normalized spacial score (nSPS) is 10.8. The van der Waals surface area contributed by atoms with Gasteiger partial charge in [0.25, 0.3) is 0 Å². The number of rotatable bonds is 2. The smallest absolute Gasteiger partial charge is 0.340 e. The molecule has 0 aliphatic carbocycles. The minimum Gasteiger partial charge on any atom is -0.465 e. The number of carbonyl (C=O) groups excluding carboxylic acids is 1. The molecule has 0 saturated heterocycles. The van der Waals surface area contributed by atoms with Crippen LogP contribution in [0.3, 0.4) is 0 Å². The van der Waals surface area contributed by atoms with Crippen molar-refractivity contribution >= 4 is 39.6 Å². The third-order valence-electron chi connectivity index (χ3n) is 3.10. The highest BCUT2D eigenvalue weighted by molar-refractivity contribution is 14.1. The Kier molecular flexibility index (Phi) is 3.62. The molecule has 0 aliphatic heterocycles. The number of hydrogen-bond donors (Lipinski definition) is 1. The number of H-pyrrole nitrogens is 1. The summed E-state index contributed by atoms with van der Waals surface area (Å²) in [6.07, 6.45) is 0. The molecule has 0 radical (unpaired) electrons. The number of aromatic amines is 1. The summed E-state index contributed by atoms with van der Waals surface area (Å²) in [5.74, 6) is -0.146. The summed E-state index contributed by atoms with van der Waals surface area (Å²) >= 11 is 2.05. The van der Waals surface area contributed by atoms with E-state index in [2.05, 4.69) is 32.6 Å². The molecule has 1 N–H and O–H groups in total. The monoisotopic (exact) mass is 396 g/mol. The van der Waals surface area contributed by atoms with E-state index in [1.54, 1.807) is 18.2 Å². The van der Waals surface area contributed by atoms with E-state index in [9.17, 15) is 9.18 Å². The SMILES string of the molecule is COC(=O)c1cccc2[nH]c(-c3ccc(F)cc3I)nc12. The van der Waals surface area contributed by atoms with Crippen LogP contribution < -0.4 is 0 Å². The lowest BCUT2D eigenvalue weighted by atomic mass is 10.2. The molecule has 3 aromatic rings. The zero-order valence-electron chi connectivity index (χ0n) is 11.0. The second kappa shape index (κ2) is 5.44. The number of imidazole rings is 1. The maximum Gasteiger partial charge on any atom is 0.340 e. The van der Waals surface area contributed by atoms with Crippen molar-refractivity contribution in [3.05, 3.63) is 51.3 Å². The number of esters is 1. The van der Waals surface area contributed by atoms with Crippen molar-refractivity contribution in [1.82, 2.24) is 9.97 Å². The molecule has 0 saturated carbocycles. The van der Waals surface area contributed by atoms with Gasteiger partial charge in [0.15, 0.2) is 0 Å². The van der Waals surface area contributed by atoms with Gasteiger partial charge in [0.1, 0.15) is 17.2 Å². The van der Waals surface area contributed by atoms with Crippen LogP contribution in [0, 0.1) is 9.39 Å². The van der Waals surface area contributed by atoms with Crippen LogP contribution in [0.25, 0.3) is 22.4 Å². The second-order valence-electron chi connectivity index (χ2n) is 4.40. The van der Waals surface area contributed by atoms with Gasteiger partial charge in [-0.15, -0.1) is 0 Å². The maximum absolute atomic E-state index is 13.2. The third kappa shape index (κ3) is 2.51. The van der Waals surface area contributed by atoms with Crippen LogP contribution in [0.4, 0.5) is 4.39 Å². The highest BCUT2D eigenvalue weighted by atomic mass is 127. The number of halogens is 2. The van der Waals surface area contributed by atoms with E-state index in [1.165, 1.54) is 19.2 Å². The first-order valence-electron chi connectivity index (χ1n) is 6.12. The first-order valence-corrected chi connectivity index (χ1v) is 7.20. The summed E-state index contributed by atoms with van der Waals surface area (Å²) in [5, 5.41) is 0. The molecule has 3 rings (SSSR count). The number of benzene rings is 2. The van der Waals surface area contributed by atoms with Gasteiger partial charge in [0, 0.05) is 9.13 Å². The summed E-state index contributed by atoms with van der Waals surface area (Å²) in [6, 6.07) is 9.72. The topological polar surface area (TPSA) is 55.0 Å².